The average molecular weight is 176 g/mol. The Bertz CT molecular complexity index is 132. The second-order valence-electron chi connectivity index (χ2n) is 2.26. The number of ether oxygens (including phenoxy) is 1. The van der Waals surface area contributed by atoms with Crippen molar-refractivity contribution in [1.82, 2.24) is 0 Å². The van der Waals surface area contributed by atoms with Gasteiger partial charge in [-0.1, -0.05) is 5.57 Å². The minimum atomic E-state index is -0.134. The standard InChI is InChI=1S/C8H14O2.CH3F/c1-4-10-8(9)6-5-7(2)3;1-2/h2,4-6H2,1,3H3;1H3. The molecule has 0 unspecified atom stereocenters. The zero-order valence-electron chi connectivity index (χ0n) is 8.02. The van der Waals surface area contributed by atoms with Gasteiger partial charge in [0, 0.05) is 6.42 Å². The zero-order chi connectivity index (χ0) is 9.98. The van der Waals surface area contributed by atoms with Crippen LogP contribution in [0.25, 0.3) is 0 Å². The summed E-state index contributed by atoms with van der Waals surface area (Å²) < 4.78 is 14.2. The van der Waals surface area contributed by atoms with Gasteiger partial charge in [0.2, 0.25) is 0 Å². The quantitative estimate of drug-likeness (QED) is 0.486. The molecule has 3 heteroatoms. The van der Waals surface area contributed by atoms with E-state index in [2.05, 4.69) is 6.58 Å². The molecule has 0 saturated carbocycles. The molecule has 0 N–H and O–H groups in total. The fourth-order valence-corrected chi connectivity index (χ4v) is 0.549. The van der Waals surface area contributed by atoms with Crippen LogP contribution in [-0.4, -0.2) is 19.8 Å². The summed E-state index contributed by atoms with van der Waals surface area (Å²) in [6.07, 6.45) is 1.20. The summed E-state index contributed by atoms with van der Waals surface area (Å²) >= 11 is 0. The van der Waals surface area contributed by atoms with Crippen LogP contribution in [0.4, 0.5) is 4.39 Å². The second kappa shape index (κ2) is 10.1. The summed E-state index contributed by atoms with van der Waals surface area (Å²) in [5, 5.41) is 0. The van der Waals surface area contributed by atoms with E-state index < -0.39 is 0 Å². The van der Waals surface area contributed by atoms with E-state index in [1.807, 2.05) is 6.92 Å². The summed E-state index contributed by atoms with van der Waals surface area (Å²) in [4.78, 5) is 10.7. The molecule has 0 amide bonds. The Morgan fingerprint density at radius 2 is 1.92 bits per heavy atom. The highest BCUT2D eigenvalue weighted by atomic mass is 19.1. The largest absolute Gasteiger partial charge is 0.466 e. The van der Waals surface area contributed by atoms with Gasteiger partial charge in [-0.05, 0) is 20.3 Å². The van der Waals surface area contributed by atoms with E-state index in [0.29, 0.717) is 20.2 Å². The molecule has 2 nitrogen and oxygen atoms in total. The molecule has 0 aromatic carbocycles. The van der Waals surface area contributed by atoms with Crippen LogP contribution in [-0.2, 0) is 9.53 Å². The van der Waals surface area contributed by atoms with Gasteiger partial charge in [-0.2, -0.15) is 0 Å². The van der Waals surface area contributed by atoms with Crippen LogP contribution in [0, 0.1) is 0 Å². The highest BCUT2D eigenvalue weighted by molar-refractivity contribution is 5.69. The molecule has 0 aliphatic carbocycles. The number of rotatable bonds is 4. The van der Waals surface area contributed by atoms with Gasteiger partial charge < -0.3 is 4.74 Å². The molecular formula is C9H17FO2. The van der Waals surface area contributed by atoms with Gasteiger partial charge in [-0.25, -0.2) is 0 Å². The van der Waals surface area contributed by atoms with Gasteiger partial charge in [-0.15, -0.1) is 6.58 Å². The first-order chi connectivity index (χ1) is 5.66. The Labute approximate surface area is 73.4 Å². The number of carbonyl (C=O) groups is 1. The van der Waals surface area contributed by atoms with E-state index in [4.69, 9.17) is 4.74 Å². The third-order valence-electron chi connectivity index (χ3n) is 1.06. The van der Waals surface area contributed by atoms with Crippen molar-refractivity contribution in [2.45, 2.75) is 26.7 Å². The highest BCUT2D eigenvalue weighted by Gasteiger charge is 1.99. The summed E-state index contributed by atoms with van der Waals surface area (Å²) in [5.74, 6) is -0.134. The monoisotopic (exact) mass is 176 g/mol. The van der Waals surface area contributed by atoms with Gasteiger partial charge in [0.05, 0.1) is 13.8 Å². The van der Waals surface area contributed by atoms with Crippen LogP contribution in [0.5, 0.6) is 0 Å². The third-order valence-corrected chi connectivity index (χ3v) is 1.06. The maximum atomic E-state index is 10.7. The molecule has 0 rings (SSSR count). The zero-order valence-corrected chi connectivity index (χ0v) is 8.02. The first-order valence-electron chi connectivity index (χ1n) is 3.84. The second-order valence-corrected chi connectivity index (χ2v) is 2.26. The smallest absolute Gasteiger partial charge is 0.306 e. The average Bonchev–Trinajstić information content (AvgIpc) is 2.05. The lowest BCUT2D eigenvalue weighted by Crippen LogP contribution is -2.03. The molecule has 0 aromatic rings. The molecule has 0 fully saturated rings. The number of carbonyl (C=O) groups excluding carboxylic acids is 1. The van der Waals surface area contributed by atoms with Crippen LogP contribution in [0.15, 0.2) is 12.2 Å². The van der Waals surface area contributed by atoms with Crippen molar-refractivity contribution in [3.05, 3.63) is 12.2 Å². The lowest BCUT2D eigenvalue weighted by atomic mass is 10.2. The minimum absolute atomic E-state index is 0.134. The van der Waals surface area contributed by atoms with Crippen molar-refractivity contribution in [1.29, 1.82) is 0 Å². The maximum absolute atomic E-state index is 10.7. The molecule has 12 heavy (non-hydrogen) atoms. The van der Waals surface area contributed by atoms with E-state index >= 15 is 0 Å². The topological polar surface area (TPSA) is 26.3 Å². The Kier molecular flexibility index (Phi) is 11.6. The first kappa shape index (κ1) is 13.7. The lowest BCUT2D eigenvalue weighted by Gasteiger charge is -1.99. The number of esters is 1. The molecule has 0 atom stereocenters. The first-order valence-corrected chi connectivity index (χ1v) is 3.84. The van der Waals surface area contributed by atoms with Crippen LogP contribution in [0.3, 0.4) is 0 Å². The summed E-state index contributed by atoms with van der Waals surface area (Å²) in [5.41, 5.74) is 1.02. The molecule has 0 bridgehead atoms. The van der Waals surface area contributed by atoms with Gasteiger partial charge >= 0.3 is 5.97 Å². The molecule has 0 aliphatic heterocycles. The van der Waals surface area contributed by atoms with Crippen molar-refractivity contribution < 1.29 is 13.9 Å². The van der Waals surface area contributed by atoms with Crippen LogP contribution < -0.4 is 0 Å². The Morgan fingerprint density at radius 3 is 2.25 bits per heavy atom. The number of hydrogen-bond donors (Lipinski definition) is 0. The fourth-order valence-electron chi connectivity index (χ4n) is 0.549. The molecule has 0 heterocycles. The Morgan fingerprint density at radius 1 is 1.42 bits per heavy atom. The van der Waals surface area contributed by atoms with Gasteiger partial charge in [0.15, 0.2) is 0 Å². The van der Waals surface area contributed by atoms with Crippen molar-refractivity contribution in [2.24, 2.45) is 0 Å². The van der Waals surface area contributed by atoms with Gasteiger partial charge in [-0.3, -0.25) is 9.18 Å². The summed E-state index contributed by atoms with van der Waals surface area (Å²) in [6.45, 7) is 7.85. The maximum Gasteiger partial charge on any atom is 0.306 e. The molecule has 0 radical (unpaired) electrons. The third kappa shape index (κ3) is 11.9. The van der Waals surface area contributed by atoms with E-state index in [0.717, 1.165) is 12.0 Å². The highest BCUT2D eigenvalue weighted by Crippen LogP contribution is 2.00. The van der Waals surface area contributed by atoms with Crippen molar-refractivity contribution >= 4 is 5.97 Å². The molecule has 0 spiro atoms. The fraction of sp³-hybridized carbons (Fsp3) is 0.667. The molecule has 0 saturated heterocycles. The van der Waals surface area contributed by atoms with Crippen LogP contribution in [0.2, 0.25) is 0 Å². The van der Waals surface area contributed by atoms with Crippen LogP contribution in [0.1, 0.15) is 26.7 Å². The molecule has 0 aromatic heterocycles. The predicted molar refractivity (Wildman–Crippen MR) is 47.7 cm³/mol. The van der Waals surface area contributed by atoms with Gasteiger partial charge in [0.25, 0.3) is 0 Å². The van der Waals surface area contributed by atoms with Crippen molar-refractivity contribution in [3.63, 3.8) is 0 Å². The number of hydrogen-bond acceptors (Lipinski definition) is 2. The lowest BCUT2D eigenvalue weighted by molar-refractivity contribution is -0.143. The number of alkyl halides is 1. The predicted octanol–water partition coefficient (Wildman–Crippen LogP) is 2.49. The summed E-state index contributed by atoms with van der Waals surface area (Å²) in [6, 6.07) is 0. The van der Waals surface area contributed by atoms with Gasteiger partial charge in [0.1, 0.15) is 0 Å². The van der Waals surface area contributed by atoms with Crippen molar-refractivity contribution in [3.8, 4) is 0 Å². The molecule has 0 aliphatic rings. The normalized spacial score (nSPS) is 8.00. The van der Waals surface area contributed by atoms with E-state index in [1.165, 1.54) is 0 Å². The number of halogens is 1. The van der Waals surface area contributed by atoms with Crippen LogP contribution >= 0.6 is 0 Å². The minimum Gasteiger partial charge on any atom is -0.466 e. The van der Waals surface area contributed by atoms with E-state index in [9.17, 15) is 9.18 Å². The van der Waals surface area contributed by atoms with Crippen molar-refractivity contribution in [2.75, 3.05) is 13.8 Å². The summed E-state index contributed by atoms with van der Waals surface area (Å²) in [7, 11) is 0.500. The molecule has 72 valence electrons. The molecular weight excluding hydrogens is 159 g/mol. The van der Waals surface area contributed by atoms with E-state index in [1.54, 1.807) is 6.92 Å². The number of allylic oxidation sites excluding steroid dienone is 1. The SMILES string of the molecule is C=C(C)CCC(=O)OCC.CF. The Hall–Kier alpha value is -0.860. The van der Waals surface area contributed by atoms with E-state index in [-0.39, 0.29) is 5.97 Å². The Balaban J connectivity index is 0.